The van der Waals surface area contributed by atoms with Crippen LogP contribution in [0.3, 0.4) is 0 Å². The van der Waals surface area contributed by atoms with Gasteiger partial charge < -0.3 is 23.8 Å². The number of ether oxygens (including phenoxy) is 2. The van der Waals surface area contributed by atoms with Gasteiger partial charge in [0.25, 0.3) is 0 Å². The molecule has 184 valence electrons. The maximum absolute atomic E-state index is 15.5. The Labute approximate surface area is 205 Å². The molecule has 1 aliphatic rings. The van der Waals surface area contributed by atoms with Crippen molar-refractivity contribution in [3.05, 3.63) is 71.2 Å². The predicted octanol–water partition coefficient (Wildman–Crippen LogP) is 4.46. The zero-order chi connectivity index (χ0) is 25.4. The Balaban J connectivity index is 1.58. The van der Waals surface area contributed by atoms with Crippen molar-refractivity contribution in [2.75, 3.05) is 26.8 Å². The van der Waals surface area contributed by atoms with Crippen molar-refractivity contribution in [1.29, 1.82) is 5.26 Å². The highest BCUT2D eigenvalue weighted by atomic mass is 19.1. The van der Waals surface area contributed by atoms with E-state index in [-0.39, 0.29) is 29.8 Å². The molecular formula is C26H23F2N5O3. The van der Waals surface area contributed by atoms with Crippen molar-refractivity contribution in [3.63, 3.8) is 0 Å². The fourth-order valence-electron chi connectivity index (χ4n) is 4.53. The zero-order valence-electron chi connectivity index (χ0n) is 19.7. The molecule has 36 heavy (non-hydrogen) atoms. The number of benzene rings is 1. The minimum Gasteiger partial charge on any atom is -0.453 e. The number of morpholine rings is 1. The Morgan fingerprint density at radius 3 is 2.75 bits per heavy atom. The Morgan fingerprint density at radius 2 is 2.06 bits per heavy atom. The third-order valence-electron chi connectivity index (χ3n) is 6.27. The van der Waals surface area contributed by atoms with Gasteiger partial charge in [-0.25, -0.2) is 18.6 Å². The van der Waals surface area contributed by atoms with Crippen molar-refractivity contribution in [1.82, 2.24) is 19.3 Å². The van der Waals surface area contributed by atoms with Gasteiger partial charge in [0.15, 0.2) is 0 Å². The second kappa shape index (κ2) is 9.43. The minimum absolute atomic E-state index is 0.171. The first-order chi connectivity index (χ1) is 17.4. The first-order valence-corrected chi connectivity index (χ1v) is 11.4. The molecule has 4 heterocycles. The number of halogens is 2. The minimum atomic E-state index is -0.778. The van der Waals surface area contributed by atoms with E-state index in [0.29, 0.717) is 35.9 Å². The molecule has 1 saturated heterocycles. The smallest absolute Gasteiger partial charge is 0.409 e. The van der Waals surface area contributed by atoms with Gasteiger partial charge in [0.1, 0.15) is 29.0 Å². The fourth-order valence-corrected chi connectivity index (χ4v) is 4.53. The summed E-state index contributed by atoms with van der Waals surface area (Å²) in [5.74, 6) is -1.56. The first kappa shape index (κ1) is 23.5. The summed E-state index contributed by atoms with van der Waals surface area (Å²) in [7, 11) is 1.32. The van der Waals surface area contributed by atoms with Crippen molar-refractivity contribution >= 4 is 11.7 Å². The lowest BCUT2D eigenvalue weighted by atomic mass is 10.0. The molecule has 1 amide bonds. The Bertz CT molecular complexity index is 1480. The van der Waals surface area contributed by atoms with E-state index < -0.39 is 23.8 Å². The summed E-state index contributed by atoms with van der Waals surface area (Å²) in [6.45, 7) is 2.92. The highest BCUT2D eigenvalue weighted by Crippen LogP contribution is 2.34. The molecule has 1 N–H and O–H groups in total. The average Bonchev–Trinajstić information content (AvgIpc) is 3.48. The van der Waals surface area contributed by atoms with E-state index in [1.54, 1.807) is 21.4 Å². The number of hydrogen-bond acceptors (Lipinski definition) is 5. The summed E-state index contributed by atoms with van der Waals surface area (Å²) in [4.78, 5) is 21.0. The van der Waals surface area contributed by atoms with Crippen molar-refractivity contribution < 1.29 is 23.0 Å². The van der Waals surface area contributed by atoms with Crippen molar-refractivity contribution in [2.45, 2.75) is 19.4 Å². The van der Waals surface area contributed by atoms with Crippen LogP contribution in [0.15, 0.2) is 42.6 Å². The van der Waals surface area contributed by atoms with E-state index in [0.717, 1.165) is 5.56 Å². The van der Waals surface area contributed by atoms with Crippen LogP contribution in [-0.2, 0) is 15.9 Å². The Kier molecular flexibility index (Phi) is 6.16. The van der Waals surface area contributed by atoms with Gasteiger partial charge in [-0.15, -0.1) is 0 Å². The standard InChI is InChI=1S/C26H23F2N5O3/c1-15-5-6-33-22(12-18-14-32(7-8-36-18)26(34)35-2)25(31-23(33)9-15)24-19(27)10-16(11-20(24)28)21-4-3-17(13-29)30-21/h3-6,9-11,18,30H,7-8,12,14H2,1-2H3/t18-/m0/s1. The summed E-state index contributed by atoms with van der Waals surface area (Å²) in [5, 5.41) is 9.04. The molecule has 0 bridgehead atoms. The van der Waals surface area contributed by atoms with Gasteiger partial charge in [-0.2, -0.15) is 5.26 Å². The zero-order valence-corrected chi connectivity index (χ0v) is 19.7. The van der Waals surface area contributed by atoms with Gasteiger partial charge in [-0.3, -0.25) is 0 Å². The van der Waals surface area contributed by atoms with Gasteiger partial charge in [0.2, 0.25) is 0 Å². The van der Waals surface area contributed by atoms with Gasteiger partial charge in [0, 0.05) is 30.4 Å². The maximum atomic E-state index is 15.5. The highest BCUT2D eigenvalue weighted by molar-refractivity contribution is 5.72. The lowest BCUT2D eigenvalue weighted by Crippen LogP contribution is -2.46. The largest absolute Gasteiger partial charge is 0.453 e. The van der Waals surface area contributed by atoms with Gasteiger partial charge in [-0.1, -0.05) is 0 Å². The Hall–Kier alpha value is -4.23. The van der Waals surface area contributed by atoms with Crippen molar-refractivity contribution in [2.24, 2.45) is 0 Å². The number of aryl methyl sites for hydroxylation is 1. The molecule has 1 aliphatic heterocycles. The van der Waals surface area contributed by atoms with Crippen LogP contribution in [0.2, 0.25) is 0 Å². The molecule has 1 atom stereocenters. The quantitative estimate of drug-likeness (QED) is 0.455. The summed E-state index contributed by atoms with van der Waals surface area (Å²) in [6.07, 6.45) is 1.22. The normalized spacial score (nSPS) is 15.8. The number of hydrogen-bond donors (Lipinski definition) is 1. The summed E-state index contributed by atoms with van der Waals surface area (Å²) in [5.41, 5.74) is 2.99. The van der Waals surface area contributed by atoms with E-state index in [9.17, 15) is 4.79 Å². The number of rotatable bonds is 4. The predicted molar refractivity (Wildman–Crippen MR) is 127 cm³/mol. The number of imidazole rings is 1. The number of methoxy groups -OCH3 is 1. The van der Waals surface area contributed by atoms with E-state index in [1.807, 2.05) is 31.3 Å². The molecule has 1 aromatic carbocycles. The number of aromatic amines is 1. The molecule has 0 unspecified atom stereocenters. The lowest BCUT2D eigenvalue weighted by molar-refractivity contribution is -0.0241. The van der Waals surface area contributed by atoms with E-state index in [2.05, 4.69) is 9.97 Å². The number of aromatic nitrogens is 3. The van der Waals surface area contributed by atoms with E-state index in [4.69, 9.17) is 14.7 Å². The molecule has 4 aromatic rings. The van der Waals surface area contributed by atoms with Crippen LogP contribution >= 0.6 is 0 Å². The second-order valence-electron chi connectivity index (χ2n) is 8.66. The number of fused-ring (bicyclic) bond motifs is 1. The number of pyridine rings is 1. The van der Waals surface area contributed by atoms with Crippen LogP contribution in [0.1, 0.15) is 17.0 Å². The number of amides is 1. The Morgan fingerprint density at radius 1 is 1.28 bits per heavy atom. The molecule has 3 aromatic heterocycles. The molecule has 10 heteroatoms. The van der Waals surface area contributed by atoms with Crippen LogP contribution in [0.4, 0.5) is 13.6 Å². The molecule has 0 radical (unpaired) electrons. The molecule has 5 rings (SSSR count). The molecule has 8 nitrogen and oxygen atoms in total. The van der Waals surface area contributed by atoms with Gasteiger partial charge in [-0.05, 0) is 48.9 Å². The fraction of sp³-hybridized carbons (Fsp3) is 0.269. The highest BCUT2D eigenvalue weighted by Gasteiger charge is 2.29. The lowest BCUT2D eigenvalue weighted by Gasteiger charge is -2.32. The van der Waals surface area contributed by atoms with Crippen LogP contribution < -0.4 is 0 Å². The molecule has 0 aliphatic carbocycles. The van der Waals surface area contributed by atoms with Crippen LogP contribution in [-0.4, -0.2) is 58.3 Å². The van der Waals surface area contributed by atoms with Crippen molar-refractivity contribution in [3.8, 4) is 28.6 Å². The first-order valence-electron chi connectivity index (χ1n) is 11.4. The number of nitriles is 1. The van der Waals surface area contributed by atoms with Crippen LogP contribution in [0, 0.1) is 29.9 Å². The number of H-pyrrole nitrogens is 1. The van der Waals surface area contributed by atoms with Gasteiger partial charge >= 0.3 is 6.09 Å². The third-order valence-corrected chi connectivity index (χ3v) is 6.27. The topological polar surface area (TPSA) is 95.6 Å². The second-order valence-corrected chi connectivity index (χ2v) is 8.66. The summed E-state index contributed by atoms with van der Waals surface area (Å²) < 4.78 is 43.5. The maximum Gasteiger partial charge on any atom is 0.409 e. The van der Waals surface area contributed by atoms with Crippen LogP contribution in [0.5, 0.6) is 0 Å². The molecule has 1 fully saturated rings. The molecule has 0 saturated carbocycles. The van der Waals surface area contributed by atoms with Crippen LogP contribution in [0.25, 0.3) is 28.2 Å². The SMILES string of the molecule is COC(=O)N1CCO[C@@H](Cc2c(-c3c(F)cc(-c4ccc(C#N)[nH]4)cc3F)nc3cc(C)ccn23)C1. The number of carbonyl (C=O) groups excluding carboxylic acids is 1. The number of nitrogens with zero attached hydrogens (tertiary/aromatic N) is 4. The van der Waals surface area contributed by atoms with Gasteiger partial charge in [0.05, 0.1) is 43.3 Å². The number of carbonyl (C=O) groups is 1. The monoisotopic (exact) mass is 491 g/mol. The number of nitrogens with one attached hydrogen (secondary N) is 1. The van der Waals surface area contributed by atoms with E-state index in [1.165, 1.54) is 19.2 Å². The third kappa shape index (κ3) is 4.29. The average molecular weight is 491 g/mol. The molecule has 0 spiro atoms. The molecular weight excluding hydrogens is 468 g/mol. The van der Waals surface area contributed by atoms with E-state index >= 15 is 8.78 Å². The summed E-state index contributed by atoms with van der Waals surface area (Å²) in [6, 6.07) is 11.3. The summed E-state index contributed by atoms with van der Waals surface area (Å²) >= 11 is 0.